The molecule has 0 fully saturated rings. The number of carbonyl (C=O) groups is 1. The Morgan fingerprint density at radius 1 is 1.27 bits per heavy atom. The van der Waals surface area contributed by atoms with Crippen LogP contribution in [0.4, 0.5) is 16.5 Å². The van der Waals surface area contributed by atoms with Gasteiger partial charge in [-0.25, -0.2) is 4.98 Å². The third-order valence-corrected chi connectivity index (χ3v) is 6.01. The second-order valence-electron chi connectivity index (χ2n) is 7.03. The summed E-state index contributed by atoms with van der Waals surface area (Å²) in [6.07, 6.45) is 0.826. The molecule has 0 aliphatic carbocycles. The summed E-state index contributed by atoms with van der Waals surface area (Å²) < 4.78 is 0. The second-order valence-corrected chi connectivity index (χ2v) is 8.11. The number of nitrogens with zero attached hydrogens (tertiary/aromatic N) is 3. The Morgan fingerprint density at radius 3 is 2.80 bits per heavy atom. The maximum absolute atomic E-state index is 12.8. The summed E-state index contributed by atoms with van der Waals surface area (Å²) in [6, 6.07) is 14.5. The van der Waals surface area contributed by atoms with Crippen molar-refractivity contribution in [2.24, 2.45) is 0 Å². The molecule has 0 saturated carbocycles. The number of hydrogen-bond acceptors (Lipinski definition) is 7. The first-order valence-corrected chi connectivity index (χ1v) is 10.4. The average molecular weight is 423 g/mol. The fraction of sp³-hybridized carbons (Fsp3) is 0.238. The topological polar surface area (TPSA) is 100 Å². The molecule has 30 heavy (non-hydrogen) atoms. The molecular formula is C21H21N5O3S. The number of rotatable bonds is 6. The van der Waals surface area contributed by atoms with Gasteiger partial charge >= 0.3 is 0 Å². The maximum Gasteiger partial charge on any atom is 0.270 e. The van der Waals surface area contributed by atoms with Gasteiger partial charge in [-0.15, -0.1) is 11.3 Å². The Labute approximate surface area is 177 Å². The van der Waals surface area contributed by atoms with Crippen molar-refractivity contribution in [1.82, 2.24) is 9.88 Å². The molecule has 0 spiro atoms. The first-order chi connectivity index (χ1) is 14.5. The summed E-state index contributed by atoms with van der Waals surface area (Å²) in [5.74, 6) is -0.421. The van der Waals surface area contributed by atoms with E-state index in [4.69, 9.17) is 0 Å². The number of thiazole rings is 1. The van der Waals surface area contributed by atoms with E-state index in [1.165, 1.54) is 35.1 Å². The number of benzene rings is 2. The van der Waals surface area contributed by atoms with Crippen LogP contribution in [-0.2, 0) is 19.5 Å². The van der Waals surface area contributed by atoms with Crippen LogP contribution in [0.15, 0.2) is 48.5 Å². The van der Waals surface area contributed by atoms with Crippen molar-refractivity contribution in [3.05, 3.63) is 80.3 Å². The van der Waals surface area contributed by atoms with E-state index in [1.54, 1.807) is 7.05 Å². The van der Waals surface area contributed by atoms with Crippen LogP contribution in [0.25, 0.3) is 0 Å². The Bertz CT molecular complexity index is 1080. The summed E-state index contributed by atoms with van der Waals surface area (Å²) >= 11 is 1.46. The van der Waals surface area contributed by atoms with E-state index >= 15 is 0 Å². The van der Waals surface area contributed by atoms with Crippen LogP contribution in [0, 0.1) is 10.1 Å². The van der Waals surface area contributed by atoms with Crippen molar-refractivity contribution >= 4 is 33.8 Å². The molecule has 8 nitrogen and oxygen atoms in total. The minimum absolute atomic E-state index is 0.130. The zero-order valence-electron chi connectivity index (χ0n) is 16.4. The lowest BCUT2D eigenvalue weighted by Gasteiger charge is -2.25. The zero-order chi connectivity index (χ0) is 21.1. The van der Waals surface area contributed by atoms with Crippen LogP contribution in [-0.4, -0.2) is 34.3 Å². The number of amides is 1. The molecule has 9 heteroatoms. The first-order valence-electron chi connectivity index (χ1n) is 9.56. The number of non-ortho nitro benzene ring substituents is 1. The quantitative estimate of drug-likeness (QED) is 0.461. The predicted octanol–water partition coefficient (Wildman–Crippen LogP) is 3.90. The van der Waals surface area contributed by atoms with Crippen molar-refractivity contribution in [3.8, 4) is 0 Å². The van der Waals surface area contributed by atoms with Gasteiger partial charge in [-0.3, -0.25) is 25.1 Å². The number of carbonyl (C=O) groups excluding carboxylic acids is 1. The number of aromatic nitrogens is 1. The van der Waals surface area contributed by atoms with Gasteiger partial charge < -0.3 is 5.32 Å². The monoisotopic (exact) mass is 423 g/mol. The molecule has 2 heterocycles. The van der Waals surface area contributed by atoms with Crippen molar-refractivity contribution in [2.75, 3.05) is 24.2 Å². The van der Waals surface area contributed by atoms with E-state index in [1.807, 2.05) is 18.2 Å². The smallest absolute Gasteiger partial charge is 0.270 e. The average Bonchev–Trinajstić information content (AvgIpc) is 3.15. The van der Waals surface area contributed by atoms with Crippen LogP contribution in [0.5, 0.6) is 0 Å². The second kappa shape index (κ2) is 8.60. The third kappa shape index (κ3) is 4.32. The van der Waals surface area contributed by atoms with Crippen molar-refractivity contribution < 1.29 is 9.72 Å². The van der Waals surface area contributed by atoms with Crippen LogP contribution in [0.2, 0.25) is 0 Å². The van der Waals surface area contributed by atoms with E-state index in [-0.39, 0.29) is 11.3 Å². The van der Waals surface area contributed by atoms with E-state index in [9.17, 15) is 14.9 Å². The Kier molecular flexibility index (Phi) is 5.73. The molecule has 0 bridgehead atoms. The Balaban J connectivity index is 1.48. The van der Waals surface area contributed by atoms with Gasteiger partial charge in [-0.2, -0.15) is 0 Å². The zero-order valence-corrected chi connectivity index (χ0v) is 17.2. The van der Waals surface area contributed by atoms with Gasteiger partial charge in [0.05, 0.1) is 16.2 Å². The highest BCUT2D eigenvalue weighted by molar-refractivity contribution is 7.15. The molecule has 1 aliphatic heterocycles. The lowest BCUT2D eigenvalue weighted by molar-refractivity contribution is -0.384. The number of anilines is 2. The van der Waals surface area contributed by atoms with E-state index in [0.717, 1.165) is 36.6 Å². The summed E-state index contributed by atoms with van der Waals surface area (Å²) in [6.45, 7) is 2.57. The van der Waals surface area contributed by atoms with Crippen molar-refractivity contribution in [1.29, 1.82) is 0 Å². The molecule has 4 rings (SSSR count). The van der Waals surface area contributed by atoms with Gasteiger partial charge in [0.25, 0.3) is 11.6 Å². The number of nitro groups is 1. The molecule has 2 aromatic carbocycles. The normalized spacial score (nSPS) is 13.5. The number of hydrogen-bond donors (Lipinski definition) is 2. The highest BCUT2D eigenvalue weighted by atomic mass is 32.1. The van der Waals surface area contributed by atoms with E-state index in [2.05, 4.69) is 32.7 Å². The number of nitrogens with one attached hydrogen (secondary N) is 2. The predicted molar refractivity (Wildman–Crippen MR) is 117 cm³/mol. The van der Waals surface area contributed by atoms with E-state index in [0.29, 0.717) is 10.8 Å². The van der Waals surface area contributed by atoms with Crippen LogP contribution in [0.3, 0.4) is 0 Å². The SMILES string of the molecule is CNc1ccc([N+](=O)[O-])cc1C(=O)Nc1nc2c(s1)CN(Cc1ccccc1)CC2. The highest BCUT2D eigenvalue weighted by Crippen LogP contribution is 2.30. The molecule has 0 radical (unpaired) electrons. The number of fused-ring (bicyclic) bond motifs is 1. The first kappa shape index (κ1) is 20.0. The van der Waals surface area contributed by atoms with Crippen molar-refractivity contribution in [2.45, 2.75) is 19.5 Å². The molecule has 3 aromatic rings. The molecule has 0 saturated heterocycles. The number of nitro benzene ring substituents is 1. The lowest BCUT2D eigenvalue weighted by atomic mass is 10.1. The molecule has 154 valence electrons. The third-order valence-electron chi connectivity index (χ3n) is 5.01. The molecule has 0 unspecified atom stereocenters. The lowest BCUT2D eigenvalue weighted by Crippen LogP contribution is -2.29. The highest BCUT2D eigenvalue weighted by Gasteiger charge is 2.23. The largest absolute Gasteiger partial charge is 0.387 e. The van der Waals surface area contributed by atoms with Gasteiger partial charge in [0, 0.05) is 55.8 Å². The summed E-state index contributed by atoms with van der Waals surface area (Å²) in [5, 5.41) is 17.3. The Morgan fingerprint density at radius 2 is 2.07 bits per heavy atom. The van der Waals surface area contributed by atoms with Gasteiger partial charge in [0.15, 0.2) is 5.13 Å². The fourth-order valence-electron chi connectivity index (χ4n) is 3.49. The Hall–Kier alpha value is -3.30. The van der Waals surface area contributed by atoms with Crippen LogP contribution >= 0.6 is 11.3 Å². The van der Waals surface area contributed by atoms with Crippen LogP contribution < -0.4 is 10.6 Å². The molecule has 1 aromatic heterocycles. The van der Waals surface area contributed by atoms with Gasteiger partial charge in [0.2, 0.25) is 0 Å². The molecule has 1 amide bonds. The molecule has 0 atom stereocenters. The van der Waals surface area contributed by atoms with Gasteiger partial charge in [-0.05, 0) is 11.6 Å². The maximum atomic E-state index is 12.8. The van der Waals surface area contributed by atoms with Crippen LogP contribution in [0.1, 0.15) is 26.5 Å². The molecular weight excluding hydrogens is 402 g/mol. The van der Waals surface area contributed by atoms with Crippen molar-refractivity contribution in [3.63, 3.8) is 0 Å². The van der Waals surface area contributed by atoms with Gasteiger partial charge in [0.1, 0.15) is 0 Å². The van der Waals surface area contributed by atoms with E-state index < -0.39 is 10.8 Å². The summed E-state index contributed by atoms with van der Waals surface area (Å²) in [5.41, 5.74) is 2.88. The standard InChI is InChI=1S/C21H21N5O3S/c1-22-17-8-7-15(26(28)29)11-16(17)20(27)24-21-23-18-9-10-25(13-19(18)30-21)12-14-5-3-2-4-6-14/h2-8,11,22H,9-10,12-13H2,1H3,(H,23,24,27). The molecule has 2 N–H and O–H groups in total. The summed E-state index contributed by atoms with van der Waals surface area (Å²) in [7, 11) is 1.67. The minimum Gasteiger partial charge on any atom is -0.387 e. The molecule has 1 aliphatic rings. The van der Waals surface area contributed by atoms with Gasteiger partial charge in [-0.1, -0.05) is 30.3 Å². The minimum atomic E-state index is -0.514. The summed E-state index contributed by atoms with van der Waals surface area (Å²) in [4.78, 5) is 31.4. The fourth-order valence-corrected chi connectivity index (χ4v) is 4.54.